The Morgan fingerprint density at radius 3 is 2.60 bits per heavy atom. The van der Waals surface area contributed by atoms with Crippen LogP contribution in [-0.2, 0) is 14.4 Å². The van der Waals surface area contributed by atoms with E-state index in [-0.39, 0.29) is 24.1 Å². The first-order valence-electron chi connectivity index (χ1n) is 7.92. The van der Waals surface area contributed by atoms with Crippen molar-refractivity contribution >= 4 is 34.8 Å². The molecule has 3 amide bonds. The molecular weight excluding hydrogens is 320 g/mol. The minimum Gasteiger partial charge on any atom is -0.326 e. The lowest BCUT2D eigenvalue weighted by molar-refractivity contribution is -0.122. The van der Waals surface area contributed by atoms with Crippen molar-refractivity contribution in [3.8, 4) is 0 Å². The Labute approximate surface area is 145 Å². The Morgan fingerprint density at radius 2 is 1.92 bits per heavy atom. The second-order valence-corrected chi connectivity index (χ2v) is 5.87. The van der Waals surface area contributed by atoms with Crippen LogP contribution in [0, 0.1) is 5.92 Å². The lowest BCUT2D eigenvalue weighted by atomic mass is 10.1. The van der Waals surface area contributed by atoms with Crippen LogP contribution in [0.15, 0.2) is 48.8 Å². The van der Waals surface area contributed by atoms with Crippen LogP contribution >= 0.6 is 0 Å². The number of anilines is 3. The monoisotopic (exact) mass is 338 g/mol. The van der Waals surface area contributed by atoms with E-state index in [0.717, 1.165) is 0 Å². The molecule has 128 valence electrons. The minimum atomic E-state index is -0.433. The first-order chi connectivity index (χ1) is 12.0. The first kappa shape index (κ1) is 16.6. The lowest BCUT2D eigenvalue weighted by Crippen LogP contribution is -2.28. The number of pyridine rings is 1. The van der Waals surface area contributed by atoms with Crippen LogP contribution in [-0.4, -0.2) is 29.3 Å². The van der Waals surface area contributed by atoms with Gasteiger partial charge in [0.15, 0.2) is 0 Å². The summed E-state index contributed by atoms with van der Waals surface area (Å²) in [6, 6.07) is 10.4. The van der Waals surface area contributed by atoms with Crippen LogP contribution in [0.2, 0.25) is 0 Å². The molecule has 1 saturated heterocycles. The minimum absolute atomic E-state index is 0.0971. The first-order valence-corrected chi connectivity index (χ1v) is 7.92. The Hall–Kier alpha value is -3.22. The van der Waals surface area contributed by atoms with Crippen molar-refractivity contribution in [1.29, 1.82) is 0 Å². The van der Waals surface area contributed by atoms with Crippen molar-refractivity contribution in [2.45, 2.75) is 13.3 Å². The third-order valence-electron chi connectivity index (χ3n) is 3.90. The van der Waals surface area contributed by atoms with E-state index in [0.29, 0.717) is 23.6 Å². The van der Waals surface area contributed by atoms with Crippen molar-refractivity contribution < 1.29 is 14.4 Å². The average molecular weight is 338 g/mol. The number of aromatic nitrogens is 1. The quantitative estimate of drug-likeness (QED) is 0.892. The van der Waals surface area contributed by atoms with Gasteiger partial charge in [-0.1, -0.05) is 6.07 Å². The fraction of sp³-hybridized carbons (Fsp3) is 0.222. The van der Waals surface area contributed by atoms with E-state index in [4.69, 9.17) is 0 Å². The molecular formula is C18H18N4O3. The molecule has 1 aromatic heterocycles. The molecule has 3 rings (SSSR count). The van der Waals surface area contributed by atoms with Crippen LogP contribution < -0.4 is 15.5 Å². The molecule has 1 aliphatic heterocycles. The summed E-state index contributed by atoms with van der Waals surface area (Å²) < 4.78 is 0. The molecule has 0 aliphatic carbocycles. The number of nitrogens with zero attached hydrogens (tertiary/aromatic N) is 2. The normalized spacial score (nSPS) is 16.6. The SMILES string of the molecule is CC(=O)Nc1cccc(NC(=O)C2CC(=O)N(c3cccnc3)C2)c1. The molecule has 2 heterocycles. The molecule has 1 fully saturated rings. The Bertz CT molecular complexity index is 807. The van der Waals surface area contributed by atoms with Gasteiger partial charge in [-0.2, -0.15) is 0 Å². The summed E-state index contributed by atoms with van der Waals surface area (Å²) in [4.78, 5) is 41.4. The fourth-order valence-corrected chi connectivity index (χ4v) is 2.77. The van der Waals surface area contributed by atoms with Gasteiger partial charge in [0.05, 0.1) is 17.8 Å². The van der Waals surface area contributed by atoms with Crippen molar-refractivity contribution in [1.82, 2.24) is 4.98 Å². The zero-order valence-corrected chi connectivity index (χ0v) is 13.7. The topological polar surface area (TPSA) is 91.4 Å². The highest BCUT2D eigenvalue weighted by Gasteiger charge is 2.35. The Kier molecular flexibility index (Phi) is 4.74. The number of hydrogen-bond donors (Lipinski definition) is 2. The number of rotatable bonds is 4. The van der Waals surface area contributed by atoms with Gasteiger partial charge in [-0.05, 0) is 30.3 Å². The van der Waals surface area contributed by atoms with E-state index in [9.17, 15) is 14.4 Å². The predicted octanol–water partition coefficient (Wildman–Crippen LogP) is 2.03. The summed E-state index contributed by atoms with van der Waals surface area (Å²) in [5.74, 6) is -0.936. The highest BCUT2D eigenvalue weighted by Crippen LogP contribution is 2.25. The number of amides is 3. The van der Waals surface area contributed by atoms with Crippen molar-refractivity contribution in [3.05, 3.63) is 48.8 Å². The number of nitrogens with one attached hydrogen (secondary N) is 2. The third-order valence-corrected chi connectivity index (χ3v) is 3.90. The summed E-state index contributed by atoms with van der Waals surface area (Å²) in [5, 5.41) is 5.47. The van der Waals surface area contributed by atoms with Crippen molar-refractivity contribution in [2.75, 3.05) is 22.1 Å². The molecule has 1 aliphatic rings. The molecule has 0 saturated carbocycles. The highest BCUT2D eigenvalue weighted by atomic mass is 16.2. The maximum absolute atomic E-state index is 12.5. The summed E-state index contributed by atoms with van der Waals surface area (Å²) in [7, 11) is 0. The smallest absolute Gasteiger partial charge is 0.229 e. The molecule has 2 N–H and O–H groups in total. The van der Waals surface area contributed by atoms with E-state index in [1.807, 2.05) is 0 Å². The standard InChI is InChI=1S/C18H18N4O3/c1-12(23)20-14-4-2-5-15(9-14)21-18(25)13-8-17(24)22(11-13)16-6-3-7-19-10-16/h2-7,9-10,13H,8,11H2,1H3,(H,20,23)(H,21,25). The van der Waals surface area contributed by atoms with E-state index >= 15 is 0 Å². The van der Waals surface area contributed by atoms with E-state index in [2.05, 4.69) is 15.6 Å². The molecule has 0 radical (unpaired) electrons. The summed E-state index contributed by atoms with van der Waals surface area (Å²) in [5.41, 5.74) is 1.86. The van der Waals surface area contributed by atoms with Gasteiger partial charge in [0.25, 0.3) is 0 Å². The van der Waals surface area contributed by atoms with E-state index in [1.54, 1.807) is 53.7 Å². The molecule has 1 unspecified atom stereocenters. The fourth-order valence-electron chi connectivity index (χ4n) is 2.77. The Morgan fingerprint density at radius 1 is 1.16 bits per heavy atom. The van der Waals surface area contributed by atoms with Crippen molar-refractivity contribution in [2.24, 2.45) is 5.92 Å². The van der Waals surface area contributed by atoms with Crippen molar-refractivity contribution in [3.63, 3.8) is 0 Å². The van der Waals surface area contributed by atoms with Gasteiger partial charge in [0.1, 0.15) is 0 Å². The van der Waals surface area contributed by atoms with Gasteiger partial charge in [-0.15, -0.1) is 0 Å². The zero-order chi connectivity index (χ0) is 17.8. The van der Waals surface area contributed by atoms with Crippen LogP contribution in [0.5, 0.6) is 0 Å². The number of benzene rings is 1. The number of hydrogen-bond acceptors (Lipinski definition) is 4. The van der Waals surface area contributed by atoms with Gasteiger partial charge >= 0.3 is 0 Å². The van der Waals surface area contributed by atoms with Gasteiger partial charge < -0.3 is 15.5 Å². The maximum Gasteiger partial charge on any atom is 0.229 e. The highest BCUT2D eigenvalue weighted by molar-refractivity contribution is 6.03. The molecule has 25 heavy (non-hydrogen) atoms. The van der Waals surface area contributed by atoms with E-state index in [1.165, 1.54) is 6.92 Å². The summed E-state index contributed by atoms with van der Waals surface area (Å²) in [6.07, 6.45) is 3.40. The van der Waals surface area contributed by atoms with Gasteiger partial charge in [0.2, 0.25) is 17.7 Å². The maximum atomic E-state index is 12.5. The van der Waals surface area contributed by atoms with Crippen LogP contribution in [0.1, 0.15) is 13.3 Å². The molecule has 1 atom stereocenters. The van der Waals surface area contributed by atoms with Gasteiger partial charge in [-0.25, -0.2) is 0 Å². The van der Waals surface area contributed by atoms with Crippen LogP contribution in [0.3, 0.4) is 0 Å². The predicted molar refractivity (Wildman–Crippen MR) is 94.1 cm³/mol. The molecule has 2 aromatic rings. The molecule has 7 nitrogen and oxygen atoms in total. The summed E-state index contributed by atoms with van der Waals surface area (Å²) >= 11 is 0. The van der Waals surface area contributed by atoms with Gasteiger partial charge in [-0.3, -0.25) is 19.4 Å². The third kappa shape index (κ3) is 4.00. The zero-order valence-electron chi connectivity index (χ0n) is 13.7. The molecule has 0 bridgehead atoms. The Balaban J connectivity index is 1.66. The average Bonchev–Trinajstić information content (AvgIpc) is 2.97. The molecule has 0 spiro atoms. The summed E-state index contributed by atoms with van der Waals surface area (Å²) in [6.45, 7) is 1.74. The van der Waals surface area contributed by atoms with E-state index < -0.39 is 5.92 Å². The largest absolute Gasteiger partial charge is 0.326 e. The molecule has 7 heteroatoms. The van der Waals surface area contributed by atoms with Crippen LogP contribution in [0.25, 0.3) is 0 Å². The number of carbonyl (C=O) groups is 3. The second-order valence-electron chi connectivity index (χ2n) is 5.87. The number of carbonyl (C=O) groups excluding carboxylic acids is 3. The molecule has 1 aromatic carbocycles. The lowest BCUT2D eigenvalue weighted by Gasteiger charge is -2.16. The second kappa shape index (κ2) is 7.12. The van der Waals surface area contributed by atoms with Crippen LogP contribution in [0.4, 0.5) is 17.1 Å². The van der Waals surface area contributed by atoms with Gasteiger partial charge in [0, 0.05) is 37.5 Å².